The van der Waals surface area contributed by atoms with Gasteiger partial charge in [0.05, 0.1) is 11.8 Å². The number of aromatic nitrogens is 2. The number of aliphatic hydroxyl groups is 1. The highest BCUT2D eigenvalue weighted by atomic mass is 32.1. The van der Waals surface area contributed by atoms with E-state index in [-0.39, 0.29) is 12.2 Å². The Hall–Kier alpha value is -1.20. The van der Waals surface area contributed by atoms with E-state index in [1.54, 1.807) is 10.9 Å². The zero-order valence-electron chi connectivity index (χ0n) is 10.6. The predicted molar refractivity (Wildman–Crippen MR) is 74.2 cm³/mol. The van der Waals surface area contributed by atoms with Crippen molar-refractivity contribution in [3.63, 3.8) is 0 Å². The van der Waals surface area contributed by atoms with Crippen molar-refractivity contribution in [2.75, 3.05) is 6.61 Å². The summed E-state index contributed by atoms with van der Waals surface area (Å²) in [5.41, 5.74) is 1.98. The smallest absolute Gasteiger partial charge is 0.271 e. The fraction of sp³-hybridized carbons (Fsp3) is 0.538. The molecule has 2 aromatic heterocycles. The van der Waals surface area contributed by atoms with Gasteiger partial charge in [-0.1, -0.05) is 12.8 Å². The summed E-state index contributed by atoms with van der Waals surface area (Å²) in [6, 6.07) is 0. The molecular weight excluding hydrogens is 248 g/mol. The molecule has 0 unspecified atom stereocenters. The molecule has 2 rings (SSSR count). The predicted octanol–water partition coefficient (Wildman–Crippen LogP) is 2.32. The fourth-order valence-corrected chi connectivity index (χ4v) is 2.92. The van der Waals surface area contributed by atoms with Crippen LogP contribution in [-0.4, -0.2) is 21.3 Å². The first kappa shape index (κ1) is 13.2. The third-order valence-electron chi connectivity index (χ3n) is 3.03. The highest BCUT2D eigenvalue weighted by Gasteiger charge is 2.07. The minimum absolute atomic E-state index is 0.0697. The summed E-state index contributed by atoms with van der Waals surface area (Å²) in [4.78, 5) is 16.5. The summed E-state index contributed by atoms with van der Waals surface area (Å²) in [5.74, 6) is 0. The molecule has 0 spiro atoms. The average Bonchev–Trinajstić information content (AvgIpc) is 2.74. The summed E-state index contributed by atoms with van der Waals surface area (Å²) >= 11 is 1.47. The van der Waals surface area contributed by atoms with Crippen LogP contribution < -0.4 is 5.56 Å². The van der Waals surface area contributed by atoms with Crippen molar-refractivity contribution < 1.29 is 5.11 Å². The lowest BCUT2D eigenvalue weighted by Gasteiger charge is -2.04. The lowest BCUT2D eigenvalue weighted by Crippen LogP contribution is -2.19. The van der Waals surface area contributed by atoms with Gasteiger partial charge < -0.3 is 5.11 Å². The van der Waals surface area contributed by atoms with E-state index >= 15 is 0 Å². The van der Waals surface area contributed by atoms with Crippen molar-refractivity contribution in [1.29, 1.82) is 0 Å². The molecule has 0 bridgehead atoms. The van der Waals surface area contributed by atoms with Gasteiger partial charge in [0.25, 0.3) is 5.56 Å². The summed E-state index contributed by atoms with van der Waals surface area (Å²) < 4.78 is 2.45. The Labute approximate surface area is 110 Å². The maximum atomic E-state index is 12.2. The molecule has 5 heteroatoms. The van der Waals surface area contributed by atoms with Crippen LogP contribution in [0.15, 0.2) is 16.5 Å². The van der Waals surface area contributed by atoms with Crippen molar-refractivity contribution in [2.45, 2.75) is 39.2 Å². The van der Waals surface area contributed by atoms with E-state index in [1.807, 2.05) is 12.3 Å². The van der Waals surface area contributed by atoms with Crippen molar-refractivity contribution in [2.24, 2.45) is 0 Å². The molecule has 98 valence electrons. The Bertz CT molecular complexity index is 574. The van der Waals surface area contributed by atoms with Crippen LogP contribution in [0.5, 0.6) is 0 Å². The van der Waals surface area contributed by atoms with Gasteiger partial charge in [0, 0.05) is 13.2 Å². The Morgan fingerprint density at radius 3 is 2.89 bits per heavy atom. The van der Waals surface area contributed by atoms with Gasteiger partial charge in [-0.25, -0.2) is 4.98 Å². The van der Waals surface area contributed by atoms with E-state index in [0.717, 1.165) is 41.5 Å². The highest BCUT2D eigenvalue weighted by Crippen LogP contribution is 2.19. The standard InChI is InChI=1S/C13H18N2O2S/c1-10-8-18-12-11(10)14-9-15(13(12)17)6-4-2-3-5-7-16/h8-9,16H,2-7H2,1H3. The first-order chi connectivity index (χ1) is 8.74. The first-order valence-corrected chi connectivity index (χ1v) is 7.16. The van der Waals surface area contributed by atoms with Crippen molar-refractivity contribution in [3.05, 3.63) is 27.6 Å². The monoisotopic (exact) mass is 266 g/mol. The maximum Gasteiger partial charge on any atom is 0.271 e. The molecule has 2 aromatic rings. The maximum absolute atomic E-state index is 12.2. The van der Waals surface area contributed by atoms with Gasteiger partial charge in [-0.2, -0.15) is 0 Å². The molecule has 0 saturated heterocycles. The average molecular weight is 266 g/mol. The summed E-state index contributed by atoms with van der Waals surface area (Å²) in [5, 5.41) is 10.7. The second-order valence-electron chi connectivity index (χ2n) is 4.48. The van der Waals surface area contributed by atoms with Crippen LogP contribution in [-0.2, 0) is 6.54 Å². The molecule has 18 heavy (non-hydrogen) atoms. The van der Waals surface area contributed by atoms with Crippen LogP contribution in [0.2, 0.25) is 0 Å². The molecule has 0 aliphatic heterocycles. The van der Waals surface area contributed by atoms with E-state index < -0.39 is 0 Å². The van der Waals surface area contributed by atoms with Crippen molar-refractivity contribution >= 4 is 21.6 Å². The number of hydrogen-bond donors (Lipinski definition) is 1. The van der Waals surface area contributed by atoms with E-state index in [9.17, 15) is 4.79 Å². The molecule has 0 amide bonds. The molecule has 1 N–H and O–H groups in total. The van der Waals surface area contributed by atoms with Gasteiger partial charge in [0.15, 0.2) is 0 Å². The Kier molecular flexibility index (Phi) is 4.49. The normalized spacial score (nSPS) is 11.2. The number of hydrogen-bond acceptors (Lipinski definition) is 4. The lowest BCUT2D eigenvalue weighted by molar-refractivity contribution is 0.282. The van der Waals surface area contributed by atoms with Gasteiger partial charge >= 0.3 is 0 Å². The van der Waals surface area contributed by atoms with Crippen molar-refractivity contribution in [1.82, 2.24) is 9.55 Å². The van der Waals surface area contributed by atoms with E-state index in [4.69, 9.17) is 5.11 Å². The number of unbranched alkanes of at least 4 members (excludes halogenated alkanes) is 3. The van der Waals surface area contributed by atoms with E-state index in [0.29, 0.717) is 6.54 Å². The lowest BCUT2D eigenvalue weighted by atomic mass is 10.2. The third kappa shape index (κ3) is 2.79. The molecule has 2 heterocycles. The van der Waals surface area contributed by atoms with E-state index in [1.165, 1.54) is 11.3 Å². The minimum atomic E-state index is 0.0697. The van der Waals surface area contributed by atoms with Crippen LogP contribution >= 0.6 is 11.3 Å². The Morgan fingerprint density at radius 2 is 2.11 bits per heavy atom. The number of aliphatic hydroxyl groups excluding tert-OH is 1. The largest absolute Gasteiger partial charge is 0.396 e. The molecule has 0 atom stereocenters. The fourth-order valence-electron chi connectivity index (χ4n) is 1.97. The van der Waals surface area contributed by atoms with Crippen LogP contribution in [0.4, 0.5) is 0 Å². The van der Waals surface area contributed by atoms with Crippen LogP contribution in [0.25, 0.3) is 10.2 Å². The second-order valence-corrected chi connectivity index (χ2v) is 5.36. The summed E-state index contributed by atoms with van der Waals surface area (Å²) in [7, 11) is 0. The molecule has 0 saturated carbocycles. The number of nitrogens with zero attached hydrogens (tertiary/aromatic N) is 2. The van der Waals surface area contributed by atoms with Crippen molar-refractivity contribution in [3.8, 4) is 0 Å². The highest BCUT2D eigenvalue weighted by molar-refractivity contribution is 7.17. The molecular formula is C13H18N2O2S. The summed E-state index contributed by atoms with van der Waals surface area (Å²) in [6.45, 7) is 2.94. The number of rotatable bonds is 6. The summed E-state index contributed by atoms with van der Waals surface area (Å²) in [6.07, 6.45) is 5.50. The molecule has 0 aliphatic rings. The topological polar surface area (TPSA) is 55.1 Å². The van der Waals surface area contributed by atoms with Gasteiger partial charge in [0.2, 0.25) is 0 Å². The zero-order chi connectivity index (χ0) is 13.0. The zero-order valence-corrected chi connectivity index (χ0v) is 11.4. The molecule has 0 aliphatic carbocycles. The molecule has 0 radical (unpaired) electrons. The quantitative estimate of drug-likeness (QED) is 0.816. The van der Waals surface area contributed by atoms with Gasteiger partial charge in [-0.3, -0.25) is 9.36 Å². The van der Waals surface area contributed by atoms with E-state index in [2.05, 4.69) is 4.98 Å². The second kappa shape index (κ2) is 6.11. The Morgan fingerprint density at radius 1 is 1.33 bits per heavy atom. The Balaban J connectivity index is 2.05. The van der Waals surface area contributed by atoms with Gasteiger partial charge in [-0.05, 0) is 30.7 Å². The molecule has 0 aromatic carbocycles. The SMILES string of the molecule is Cc1csc2c(=O)n(CCCCCCO)cnc12. The van der Waals surface area contributed by atoms with Crippen LogP contribution in [0.1, 0.15) is 31.2 Å². The van der Waals surface area contributed by atoms with Gasteiger partial charge in [-0.15, -0.1) is 11.3 Å². The van der Waals surface area contributed by atoms with Gasteiger partial charge in [0.1, 0.15) is 4.70 Å². The number of thiophene rings is 1. The number of fused-ring (bicyclic) bond motifs is 1. The minimum Gasteiger partial charge on any atom is -0.396 e. The molecule has 0 fully saturated rings. The van der Waals surface area contributed by atoms with Crippen LogP contribution in [0.3, 0.4) is 0 Å². The molecule has 4 nitrogen and oxygen atoms in total. The number of aryl methyl sites for hydroxylation is 2. The van der Waals surface area contributed by atoms with Crippen LogP contribution in [0, 0.1) is 6.92 Å². The third-order valence-corrected chi connectivity index (χ3v) is 4.11. The first-order valence-electron chi connectivity index (χ1n) is 6.28.